The van der Waals surface area contributed by atoms with Crippen molar-refractivity contribution < 1.29 is 4.79 Å². The fourth-order valence-electron chi connectivity index (χ4n) is 2.17. The molecule has 0 fully saturated rings. The molecule has 6 heteroatoms. The first kappa shape index (κ1) is 14.7. The highest BCUT2D eigenvalue weighted by atomic mass is 35.5. The van der Waals surface area contributed by atoms with Gasteiger partial charge in [0.25, 0.3) is 5.91 Å². The highest BCUT2D eigenvalue weighted by Crippen LogP contribution is 2.21. The Morgan fingerprint density at radius 2 is 2.05 bits per heavy atom. The molecular weight excluding hydrogens is 276 g/mol. The maximum absolute atomic E-state index is 12.4. The number of amides is 1. The van der Waals surface area contributed by atoms with Gasteiger partial charge in [-0.3, -0.25) is 4.79 Å². The zero-order valence-electron chi connectivity index (χ0n) is 12.1. The number of aromatic nitrogens is 3. The van der Waals surface area contributed by atoms with Crippen LogP contribution >= 0.6 is 11.6 Å². The van der Waals surface area contributed by atoms with Gasteiger partial charge in [0.2, 0.25) is 0 Å². The predicted molar refractivity (Wildman–Crippen MR) is 78.7 cm³/mol. The average Bonchev–Trinajstić information content (AvgIpc) is 2.91. The van der Waals surface area contributed by atoms with Crippen molar-refractivity contribution in [3.8, 4) is 0 Å². The lowest BCUT2D eigenvalue weighted by Gasteiger charge is -2.22. The summed E-state index contributed by atoms with van der Waals surface area (Å²) in [5.41, 5.74) is 0.537. The molecule has 0 aliphatic heterocycles. The van der Waals surface area contributed by atoms with Gasteiger partial charge in [-0.25, -0.2) is 4.98 Å². The number of hydrogen-bond acceptors (Lipinski definition) is 2. The van der Waals surface area contributed by atoms with Crippen molar-refractivity contribution in [1.82, 2.24) is 19.4 Å². The van der Waals surface area contributed by atoms with Crippen LogP contribution in [-0.2, 0) is 14.1 Å². The van der Waals surface area contributed by atoms with Crippen LogP contribution in [0.5, 0.6) is 0 Å². The molecule has 5 nitrogen and oxygen atoms in total. The summed E-state index contributed by atoms with van der Waals surface area (Å²) in [7, 11) is 3.72. The van der Waals surface area contributed by atoms with Crippen molar-refractivity contribution in [3.63, 3.8) is 0 Å². The fraction of sp³-hybridized carbons (Fsp3) is 0.429. The first-order valence-corrected chi connectivity index (χ1v) is 6.88. The van der Waals surface area contributed by atoms with Gasteiger partial charge in [-0.1, -0.05) is 25.4 Å². The first-order valence-electron chi connectivity index (χ1n) is 6.50. The molecule has 1 amide bonds. The molecule has 2 heterocycles. The number of rotatable bonds is 4. The monoisotopic (exact) mass is 294 g/mol. The van der Waals surface area contributed by atoms with E-state index in [2.05, 4.69) is 24.1 Å². The third-order valence-electron chi connectivity index (χ3n) is 3.29. The number of nitrogens with one attached hydrogen (secondary N) is 1. The zero-order chi connectivity index (χ0) is 14.9. The molecule has 0 bridgehead atoms. The van der Waals surface area contributed by atoms with Gasteiger partial charge in [-0.05, 0) is 12.0 Å². The Bertz CT molecular complexity index is 614. The van der Waals surface area contributed by atoms with Crippen LogP contribution in [0, 0.1) is 5.92 Å². The zero-order valence-corrected chi connectivity index (χ0v) is 12.8. The second kappa shape index (κ2) is 5.71. The average molecular weight is 295 g/mol. The Hall–Kier alpha value is -1.75. The molecule has 0 spiro atoms. The van der Waals surface area contributed by atoms with E-state index in [4.69, 9.17) is 11.6 Å². The van der Waals surface area contributed by atoms with E-state index in [1.807, 2.05) is 17.8 Å². The molecule has 2 rings (SSSR count). The van der Waals surface area contributed by atoms with E-state index in [1.54, 1.807) is 30.1 Å². The topological polar surface area (TPSA) is 51.9 Å². The molecule has 1 N–H and O–H groups in total. The van der Waals surface area contributed by atoms with Crippen LogP contribution in [0.2, 0.25) is 5.02 Å². The number of nitrogens with zero attached hydrogens (tertiary/aromatic N) is 3. The molecule has 0 aromatic carbocycles. The van der Waals surface area contributed by atoms with Gasteiger partial charge < -0.3 is 14.5 Å². The summed E-state index contributed by atoms with van der Waals surface area (Å²) >= 11 is 5.92. The van der Waals surface area contributed by atoms with Crippen molar-refractivity contribution in [3.05, 3.63) is 41.2 Å². The Balaban J connectivity index is 2.23. The molecule has 0 aliphatic rings. The molecule has 108 valence electrons. The van der Waals surface area contributed by atoms with Crippen molar-refractivity contribution in [2.75, 3.05) is 0 Å². The summed E-state index contributed by atoms with van der Waals surface area (Å²) in [6, 6.07) is 1.52. The Morgan fingerprint density at radius 3 is 2.50 bits per heavy atom. The molecule has 2 aromatic heterocycles. The smallest absolute Gasteiger partial charge is 0.268 e. The largest absolute Gasteiger partial charge is 0.345 e. The Kier molecular flexibility index (Phi) is 4.18. The van der Waals surface area contributed by atoms with Crippen LogP contribution in [0.15, 0.2) is 24.7 Å². The van der Waals surface area contributed by atoms with Crippen LogP contribution in [-0.4, -0.2) is 20.0 Å². The number of aryl methyl sites for hydroxylation is 2. The minimum Gasteiger partial charge on any atom is -0.345 e. The lowest BCUT2D eigenvalue weighted by Crippen LogP contribution is -2.34. The van der Waals surface area contributed by atoms with Crippen molar-refractivity contribution >= 4 is 17.5 Å². The van der Waals surface area contributed by atoms with Gasteiger partial charge in [0, 0.05) is 32.7 Å². The van der Waals surface area contributed by atoms with Crippen molar-refractivity contribution in [1.29, 1.82) is 0 Å². The lowest BCUT2D eigenvalue weighted by atomic mass is 10.0. The predicted octanol–water partition coefficient (Wildman–Crippen LogP) is 2.54. The fourth-order valence-corrected chi connectivity index (χ4v) is 2.42. The van der Waals surface area contributed by atoms with Gasteiger partial charge in [-0.2, -0.15) is 0 Å². The van der Waals surface area contributed by atoms with Gasteiger partial charge in [0.1, 0.15) is 11.5 Å². The minimum absolute atomic E-state index is 0.142. The standard InChI is InChI=1S/C14H19ClN4O/c1-9(2)12(13-16-5-6-18(13)3)17-14(20)11-7-10(15)8-19(11)4/h5-9,12H,1-4H3,(H,17,20). The number of imidazole rings is 1. The molecule has 0 saturated heterocycles. The summed E-state index contributed by atoms with van der Waals surface area (Å²) in [6.45, 7) is 4.11. The maximum Gasteiger partial charge on any atom is 0.268 e. The minimum atomic E-state index is -0.152. The van der Waals surface area contributed by atoms with Crippen LogP contribution in [0.25, 0.3) is 0 Å². The highest BCUT2D eigenvalue weighted by molar-refractivity contribution is 6.31. The number of hydrogen-bond donors (Lipinski definition) is 1. The van der Waals surface area contributed by atoms with Crippen LogP contribution in [0.1, 0.15) is 36.2 Å². The van der Waals surface area contributed by atoms with E-state index >= 15 is 0 Å². The number of halogens is 1. The summed E-state index contributed by atoms with van der Waals surface area (Å²) < 4.78 is 3.64. The molecule has 2 aromatic rings. The van der Waals surface area contributed by atoms with Crippen molar-refractivity contribution in [2.24, 2.45) is 20.0 Å². The highest BCUT2D eigenvalue weighted by Gasteiger charge is 2.23. The summed E-state index contributed by atoms with van der Waals surface area (Å²) in [5.74, 6) is 0.922. The third-order valence-corrected chi connectivity index (χ3v) is 3.50. The molecule has 0 radical (unpaired) electrons. The lowest BCUT2D eigenvalue weighted by molar-refractivity contribution is 0.0914. The molecule has 0 aliphatic carbocycles. The molecule has 1 atom stereocenters. The van der Waals surface area contributed by atoms with E-state index in [-0.39, 0.29) is 17.9 Å². The van der Waals surface area contributed by atoms with E-state index in [0.717, 1.165) is 5.82 Å². The SMILES string of the molecule is CC(C)C(NC(=O)c1cc(Cl)cn1C)c1nccn1C. The van der Waals surface area contributed by atoms with E-state index in [1.165, 1.54) is 0 Å². The second-order valence-electron chi connectivity index (χ2n) is 5.25. The summed E-state index contributed by atoms with van der Waals surface area (Å²) in [5, 5.41) is 3.58. The third kappa shape index (κ3) is 2.88. The second-order valence-corrected chi connectivity index (χ2v) is 5.68. The molecule has 1 unspecified atom stereocenters. The summed E-state index contributed by atoms with van der Waals surface area (Å²) in [6.07, 6.45) is 5.31. The Labute approximate surface area is 123 Å². The maximum atomic E-state index is 12.4. The number of carbonyl (C=O) groups is 1. The molecule has 0 saturated carbocycles. The quantitative estimate of drug-likeness (QED) is 0.942. The van der Waals surface area contributed by atoms with Crippen LogP contribution in [0.4, 0.5) is 0 Å². The van der Waals surface area contributed by atoms with Gasteiger partial charge in [-0.15, -0.1) is 0 Å². The number of carbonyl (C=O) groups excluding carboxylic acids is 1. The van der Waals surface area contributed by atoms with Gasteiger partial charge >= 0.3 is 0 Å². The first-order chi connectivity index (χ1) is 9.40. The van der Waals surface area contributed by atoms with Crippen molar-refractivity contribution in [2.45, 2.75) is 19.9 Å². The van der Waals surface area contributed by atoms with Gasteiger partial charge in [0.15, 0.2) is 0 Å². The van der Waals surface area contributed by atoms with E-state index < -0.39 is 0 Å². The Morgan fingerprint density at radius 1 is 1.35 bits per heavy atom. The normalized spacial score (nSPS) is 12.7. The molecule has 20 heavy (non-hydrogen) atoms. The van der Waals surface area contributed by atoms with E-state index in [0.29, 0.717) is 10.7 Å². The summed E-state index contributed by atoms with van der Waals surface area (Å²) in [4.78, 5) is 16.7. The van der Waals surface area contributed by atoms with E-state index in [9.17, 15) is 4.79 Å². The van der Waals surface area contributed by atoms with Gasteiger partial charge in [0.05, 0.1) is 11.1 Å². The molecular formula is C14H19ClN4O. The van der Waals surface area contributed by atoms with Crippen LogP contribution < -0.4 is 5.32 Å². The van der Waals surface area contributed by atoms with Crippen LogP contribution in [0.3, 0.4) is 0 Å².